The summed E-state index contributed by atoms with van der Waals surface area (Å²) in [7, 11) is 1.63. The molecule has 75 heavy (non-hydrogen) atoms. The highest BCUT2D eigenvalue weighted by Gasteiger charge is 2.28. The standard InChI is InChI=1S/C66H131N2O6P/c1-6-8-10-12-14-16-18-20-22-24-26-28-30-32-33-34-35-36-38-40-42-44-46-48-50-52-54-56-58-60-66(70)67-64(63-74-75(71,72)73-62-61-68(3,4)5)65(69)59-57-55-53-51-49-47-45-43-41-39-37-31-29-27-25-23-21-19-17-15-13-11-9-7-2/h26,28,32-33,64-65,69H,6-25,27,29-31,34-63H2,1-5H3,(H-,67,70,71,72)/p+1/b28-26-,33-32-. The molecule has 0 aromatic rings. The van der Waals surface area contributed by atoms with Gasteiger partial charge in [-0.1, -0.05) is 314 Å². The van der Waals surface area contributed by atoms with Gasteiger partial charge >= 0.3 is 7.82 Å². The van der Waals surface area contributed by atoms with Crippen molar-refractivity contribution in [3.8, 4) is 0 Å². The van der Waals surface area contributed by atoms with Gasteiger partial charge in [0.05, 0.1) is 39.9 Å². The molecule has 3 unspecified atom stereocenters. The number of aliphatic hydroxyl groups is 1. The third kappa shape index (κ3) is 60.5. The zero-order valence-corrected chi connectivity index (χ0v) is 52.0. The number of allylic oxidation sites excluding steroid dienone is 4. The second kappa shape index (κ2) is 57.7. The zero-order chi connectivity index (χ0) is 54.9. The molecule has 0 spiro atoms. The molecule has 9 heteroatoms. The topological polar surface area (TPSA) is 105 Å². The molecule has 8 nitrogen and oxygen atoms in total. The predicted molar refractivity (Wildman–Crippen MR) is 328 cm³/mol. The first kappa shape index (κ1) is 74.0. The number of aliphatic hydroxyl groups excluding tert-OH is 1. The van der Waals surface area contributed by atoms with Gasteiger partial charge in [0.1, 0.15) is 13.2 Å². The van der Waals surface area contributed by atoms with E-state index in [2.05, 4.69) is 43.5 Å². The molecule has 0 aromatic carbocycles. The number of phosphoric ester groups is 1. The van der Waals surface area contributed by atoms with Gasteiger partial charge < -0.3 is 19.8 Å². The second-order valence-corrected chi connectivity index (χ2v) is 25.7. The van der Waals surface area contributed by atoms with Crippen LogP contribution in [0.2, 0.25) is 0 Å². The van der Waals surface area contributed by atoms with Crippen molar-refractivity contribution < 1.29 is 32.9 Å². The largest absolute Gasteiger partial charge is 0.472 e. The van der Waals surface area contributed by atoms with Crippen LogP contribution in [0.3, 0.4) is 0 Å². The molecule has 0 saturated carbocycles. The molecule has 0 rings (SSSR count). The van der Waals surface area contributed by atoms with E-state index in [1.54, 1.807) is 0 Å². The summed E-state index contributed by atoms with van der Waals surface area (Å²) in [6.45, 7) is 4.94. The van der Waals surface area contributed by atoms with Gasteiger partial charge in [-0.05, 0) is 44.9 Å². The van der Waals surface area contributed by atoms with Gasteiger partial charge in [-0.3, -0.25) is 13.8 Å². The molecule has 0 radical (unpaired) electrons. The third-order valence-corrected chi connectivity index (χ3v) is 16.4. The fourth-order valence-corrected chi connectivity index (χ4v) is 11.0. The minimum absolute atomic E-state index is 0.0764. The van der Waals surface area contributed by atoms with E-state index >= 15 is 0 Å². The number of nitrogens with zero attached hydrogens (tertiary/aromatic N) is 1. The van der Waals surface area contributed by atoms with Crippen LogP contribution in [-0.2, 0) is 18.4 Å². The Labute approximate surface area is 468 Å². The van der Waals surface area contributed by atoms with E-state index < -0.39 is 20.0 Å². The zero-order valence-electron chi connectivity index (χ0n) is 51.1. The molecule has 0 aromatic heterocycles. The Balaban J connectivity index is 4.06. The summed E-state index contributed by atoms with van der Waals surface area (Å²) < 4.78 is 23.9. The van der Waals surface area contributed by atoms with Crippen LogP contribution in [0.1, 0.15) is 341 Å². The van der Waals surface area contributed by atoms with Crippen molar-refractivity contribution in [2.45, 2.75) is 353 Å². The number of amides is 1. The minimum Gasteiger partial charge on any atom is -0.391 e. The molecule has 0 fully saturated rings. The molecule has 0 saturated heterocycles. The van der Waals surface area contributed by atoms with Gasteiger partial charge in [0.2, 0.25) is 5.91 Å². The maximum Gasteiger partial charge on any atom is 0.472 e. The second-order valence-electron chi connectivity index (χ2n) is 24.2. The quantitative estimate of drug-likeness (QED) is 0.0243. The Hall–Kier alpha value is -1.02. The molecule has 3 atom stereocenters. The highest BCUT2D eigenvalue weighted by Crippen LogP contribution is 2.43. The molecule has 0 aliphatic heterocycles. The number of hydrogen-bond acceptors (Lipinski definition) is 5. The van der Waals surface area contributed by atoms with Crippen LogP contribution in [0.4, 0.5) is 0 Å². The summed E-state index contributed by atoms with van der Waals surface area (Å²) in [5, 5.41) is 14.1. The fraction of sp³-hybridized carbons (Fsp3) is 0.924. The Morgan fingerprint density at radius 1 is 0.453 bits per heavy atom. The van der Waals surface area contributed by atoms with Crippen molar-refractivity contribution in [3.05, 3.63) is 24.3 Å². The van der Waals surface area contributed by atoms with Gasteiger partial charge in [0.15, 0.2) is 0 Å². The van der Waals surface area contributed by atoms with E-state index in [0.717, 1.165) is 44.9 Å². The molecule has 0 bridgehead atoms. The van der Waals surface area contributed by atoms with E-state index in [4.69, 9.17) is 9.05 Å². The van der Waals surface area contributed by atoms with Crippen LogP contribution in [0.5, 0.6) is 0 Å². The van der Waals surface area contributed by atoms with Crippen molar-refractivity contribution in [3.63, 3.8) is 0 Å². The van der Waals surface area contributed by atoms with Crippen LogP contribution >= 0.6 is 7.82 Å². The SMILES string of the molecule is CCCCCCCCCCC/C=C\C/C=C\CCCCCCCCCCCCCCCC(=O)NC(COP(=O)(O)OCC[N+](C)(C)C)C(O)CCCCCCCCCCCCCCCCCCCCCCCCCC. The smallest absolute Gasteiger partial charge is 0.391 e. The lowest BCUT2D eigenvalue weighted by Gasteiger charge is -2.26. The Bertz CT molecular complexity index is 1270. The van der Waals surface area contributed by atoms with Crippen LogP contribution in [0.15, 0.2) is 24.3 Å². The minimum atomic E-state index is -4.33. The lowest BCUT2D eigenvalue weighted by atomic mass is 10.0. The summed E-state index contributed by atoms with van der Waals surface area (Å²) in [5.74, 6) is -0.139. The van der Waals surface area contributed by atoms with Crippen molar-refractivity contribution in [2.75, 3.05) is 40.9 Å². The van der Waals surface area contributed by atoms with Crippen LogP contribution in [-0.4, -0.2) is 73.4 Å². The van der Waals surface area contributed by atoms with Crippen LogP contribution in [0.25, 0.3) is 0 Å². The lowest BCUT2D eigenvalue weighted by Crippen LogP contribution is -2.46. The highest BCUT2D eigenvalue weighted by atomic mass is 31.2. The van der Waals surface area contributed by atoms with E-state index in [1.807, 2.05) is 21.1 Å². The molecule has 0 aliphatic carbocycles. The van der Waals surface area contributed by atoms with Crippen molar-refractivity contribution >= 4 is 13.7 Å². The van der Waals surface area contributed by atoms with E-state index in [1.165, 1.54) is 270 Å². The maximum absolute atomic E-state index is 13.1. The Morgan fingerprint density at radius 3 is 1.09 bits per heavy atom. The molecular weight excluding hydrogens is 948 g/mol. The van der Waals surface area contributed by atoms with Gasteiger partial charge in [-0.15, -0.1) is 0 Å². The molecule has 3 N–H and O–H groups in total. The number of quaternary nitrogens is 1. The third-order valence-electron chi connectivity index (χ3n) is 15.5. The number of likely N-dealkylation sites (N-methyl/N-ethyl adjacent to an activating group) is 1. The summed E-state index contributed by atoms with van der Waals surface area (Å²) in [5.41, 5.74) is 0. The monoisotopic (exact) mass is 1080 g/mol. The molecule has 446 valence electrons. The van der Waals surface area contributed by atoms with Gasteiger partial charge in [-0.25, -0.2) is 4.57 Å². The number of hydrogen-bond donors (Lipinski definition) is 3. The lowest BCUT2D eigenvalue weighted by molar-refractivity contribution is -0.870. The highest BCUT2D eigenvalue weighted by molar-refractivity contribution is 7.47. The number of phosphoric acid groups is 1. The maximum atomic E-state index is 13.1. The average molecular weight is 1080 g/mol. The first-order chi connectivity index (χ1) is 36.5. The first-order valence-electron chi connectivity index (χ1n) is 33.2. The number of carbonyl (C=O) groups excluding carboxylic acids is 1. The van der Waals surface area contributed by atoms with E-state index in [0.29, 0.717) is 23.9 Å². The van der Waals surface area contributed by atoms with Gasteiger partial charge in [-0.2, -0.15) is 0 Å². The number of rotatable bonds is 62. The first-order valence-corrected chi connectivity index (χ1v) is 34.7. The van der Waals surface area contributed by atoms with Crippen molar-refractivity contribution in [1.82, 2.24) is 5.32 Å². The normalized spacial score (nSPS) is 13.9. The predicted octanol–water partition coefficient (Wildman–Crippen LogP) is 20.7. The summed E-state index contributed by atoms with van der Waals surface area (Å²) in [6.07, 6.45) is 74.0. The Kier molecular flexibility index (Phi) is 56.9. The summed E-state index contributed by atoms with van der Waals surface area (Å²) in [4.78, 5) is 23.4. The number of nitrogens with one attached hydrogen (secondary N) is 1. The molecule has 0 heterocycles. The van der Waals surface area contributed by atoms with Crippen molar-refractivity contribution in [2.24, 2.45) is 0 Å². The van der Waals surface area contributed by atoms with E-state index in [9.17, 15) is 19.4 Å². The summed E-state index contributed by atoms with van der Waals surface area (Å²) in [6, 6.07) is -0.761. The average Bonchev–Trinajstić information content (AvgIpc) is 3.37. The van der Waals surface area contributed by atoms with Gasteiger partial charge in [0, 0.05) is 6.42 Å². The fourth-order valence-electron chi connectivity index (χ4n) is 10.3. The van der Waals surface area contributed by atoms with Crippen molar-refractivity contribution in [1.29, 1.82) is 0 Å². The van der Waals surface area contributed by atoms with E-state index in [-0.39, 0.29) is 19.1 Å². The molecular formula is C66H132N2O6P+. The number of carbonyl (C=O) groups is 1. The molecule has 1 amide bonds. The van der Waals surface area contributed by atoms with Crippen LogP contribution < -0.4 is 5.32 Å². The van der Waals surface area contributed by atoms with Crippen LogP contribution in [0, 0.1) is 0 Å². The Morgan fingerprint density at radius 2 is 0.760 bits per heavy atom. The summed E-state index contributed by atoms with van der Waals surface area (Å²) >= 11 is 0. The molecule has 0 aliphatic rings. The van der Waals surface area contributed by atoms with Gasteiger partial charge in [0.25, 0.3) is 0 Å². The number of unbranched alkanes of at least 4 members (excludes halogenated alkanes) is 45.